The Balaban J connectivity index is 1.79. The van der Waals surface area contributed by atoms with Gasteiger partial charge in [0.1, 0.15) is 0 Å². The van der Waals surface area contributed by atoms with Gasteiger partial charge in [-0.3, -0.25) is 4.79 Å². The molecule has 1 unspecified atom stereocenters. The normalized spacial score (nSPS) is 17.8. The molecule has 1 aliphatic heterocycles. The van der Waals surface area contributed by atoms with E-state index in [-0.39, 0.29) is 17.4 Å². The number of benzene rings is 1. The van der Waals surface area contributed by atoms with Crippen molar-refractivity contribution in [3.8, 4) is 0 Å². The molecule has 0 aliphatic carbocycles. The maximum absolute atomic E-state index is 12.4. The highest BCUT2D eigenvalue weighted by molar-refractivity contribution is 5.76. The van der Waals surface area contributed by atoms with Crippen LogP contribution >= 0.6 is 0 Å². The van der Waals surface area contributed by atoms with Gasteiger partial charge in [0.05, 0.1) is 6.10 Å². The summed E-state index contributed by atoms with van der Waals surface area (Å²) in [4.78, 5) is 14.4. The first-order valence-electron chi connectivity index (χ1n) is 9.36. The Morgan fingerprint density at radius 1 is 1.21 bits per heavy atom. The van der Waals surface area contributed by atoms with Crippen molar-refractivity contribution in [2.45, 2.75) is 71.3 Å². The fraction of sp³-hybridized carbons (Fsp3) is 0.667. The molecule has 1 heterocycles. The van der Waals surface area contributed by atoms with Crippen LogP contribution in [-0.2, 0) is 16.6 Å². The summed E-state index contributed by atoms with van der Waals surface area (Å²) in [5, 5.41) is 9.94. The maximum Gasteiger partial charge on any atom is 0.222 e. The van der Waals surface area contributed by atoms with E-state index in [0.717, 1.165) is 38.8 Å². The molecule has 0 saturated carbocycles. The second-order valence-electron chi connectivity index (χ2n) is 8.14. The maximum atomic E-state index is 12.4. The molecule has 2 rings (SSSR count). The minimum absolute atomic E-state index is 0.168. The molecule has 0 aromatic heterocycles. The van der Waals surface area contributed by atoms with Gasteiger partial charge in [0.15, 0.2) is 0 Å². The molecule has 1 atom stereocenters. The van der Waals surface area contributed by atoms with E-state index in [2.05, 4.69) is 45.0 Å². The van der Waals surface area contributed by atoms with Gasteiger partial charge in [-0.05, 0) is 48.1 Å². The molecule has 1 aliphatic rings. The monoisotopic (exact) mass is 331 g/mol. The average Bonchev–Trinajstić information content (AvgIpc) is 2.58. The largest absolute Gasteiger partial charge is 0.393 e. The summed E-state index contributed by atoms with van der Waals surface area (Å²) in [7, 11) is 0. The van der Waals surface area contributed by atoms with Gasteiger partial charge < -0.3 is 10.0 Å². The minimum Gasteiger partial charge on any atom is -0.393 e. The molecule has 3 heteroatoms. The van der Waals surface area contributed by atoms with Crippen molar-refractivity contribution in [2.75, 3.05) is 13.1 Å². The van der Waals surface area contributed by atoms with Crippen LogP contribution in [0, 0.1) is 5.92 Å². The number of hydrogen-bond acceptors (Lipinski definition) is 2. The van der Waals surface area contributed by atoms with Gasteiger partial charge in [-0.1, -0.05) is 52.0 Å². The number of likely N-dealkylation sites (tertiary alicyclic amines) is 1. The number of aliphatic hydroxyl groups is 1. The summed E-state index contributed by atoms with van der Waals surface area (Å²) >= 11 is 0. The highest BCUT2D eigenvalue weighted by atomic mass is 16.3. The van der Waals surface area contributed by atoms with Gasteiger partial charge in [-0.25, -0.2) is 0 Å². The third kappa shape index (κ3) is 5.07. The molecule has 24 heavy (non-hydrogen) atoms. The molecule has 3 nitrogen and oxygen atoms in total. The van der Waals surface area contributed by atoms with Crippen LogP contribution in [0.15, 0.2) is 24.3 Å². The Bertz CT molecular complexity index is 522. The summed E-state index contributed by atoms with van der Waals surface area (Å²) in [6.07, 6.45) is 3.85. The van der Waals surface area contributed by atoms with E-state index in [1.807, 2.05) is 11.8 Å². The molecule has 1 amide bonds. The SMILES string of the molecule is CCC(O)C1CCN(C(=O)CCc2ccc(C(C)(C)C)cc2)CC1. The molecule has 0 spiro atoms. The second-order valence-corrected chi connectivity index (χ2v) is 8.14. The van der Waals surface area contributed by atoms with E-state index >= 15 is 0 Å². The lowest BCUT2D eigenvalue weighted by Crippen LogP contribution is -2.41. The van der Waals surface area contributed by atoms with Crippen LogP contribution in [0.5, 0.6) is 0 Å². The van der Waals surface area contributed by atoms with Crippen molar-refractivity contribution in [1.82, 2.24) is 4.90 Å². The minimum atomic E-state index is -0.205. The quantitative estimate of drug-likeness (QED) is 0.888. The van der Waals surface area contributed by atoms with Gasteiger partial charge in [-0.2, -0.15) is 0 Å². The summed E-state index contributed by atoms with van der Waals surface area (Å²) in [5.41, 5.74) is 2.73. The molecule has 0 bridgehead atoms. The molecule has 1 saturated heterocycles. The molecule has 1 N–H and O–H groups in total. The van der Waals surface area contributed by atoms with Crippen molar-refractivity contribution in [3.63, 3.8) is 0 Å². The number of amides is 1. The first-order chi connectivity index (χ1) is 11.3. The van der Waals surface area contributed by atoms with Gasteiger partial charge in [0, 0.05) is 19.5 Å². The summed E-state index contributed by atoms with van der Waals surface area (Å²) in [6, 6.07) is 8.66. The zero-order chi connectivity index (χ0) is 17.7. The molecular weight excluding hydrogens is 298 g/mol. The van der Waals surface area contributed by atoms with Crippen LogP contribution in [0.1, 0.15) is 64.5 Å². The number of rotatable bonds is 5. The van der Waals surface area contributed by atoms with Crippen LogP contribution in [0.25, 0.3) is 0 Å². The van der Waals surface area contributed by atoms with E-state index < -0.39 is 0 Å². The van der Waals surface area contributed by atoms with Crippen LogP contribution in [0.3, 0.4) is 0 Å². The van der Waals surface area contributed by atoms with Crippen LogP contribution in [0.2, 0.25) is 0 Å². The third-order valence-corrected chi connectivity index (χ3v) is 5.30. The van der Waals surface area contributed by atoms with Gasteiger partial charge >= 0.3 is 0 Å². The number of piperidine rings is 1. The number of carbonyl (C=O) groups excluding carboxylic acids is 1. The zero-order valence-electron chi connectivity index (χ0n) is 15.7. The zero-order valence-corrected chi connectivity index (χ0v) is 15.7. The third-order valence-electron chi connectivity index (χ3n) is 5.30. The van der Waals surface area contributed by atoms with Gasteiger partial charge in [0.25, 0.3) is 0 Å². The van der Waals surface area contributed by atoms with E-state index in [1.54, 1.807) is 0 Å². The molecule has 1 aromatic carbocycles. The lowest BCUT2D eigenvalue weighted by molar-refractivity contribution is -0.133. The fourth-order valence-corrected chi connectivity index (χ4v) is 3.45. The predicted molar refractivity (Wildman–Crippen MR) is 99.1 cm³/mol. The molecular formula is C21H33NO2. The Morgan fingerprint density at radius 3 is 2.29 bits per heavy atom. The summed E-state index contributed by atoms with van der Waals surface area (Å²) < 4.78 is 0. The van der Waals surface area contributed by atoms with Crippen molar-refractivity contribution in [3.05, 3.63) is 35.4 Å². The van der Waals surface area contributed by atoms with E-state index in [0.29, 0.717) is 12.3 Å². The number of nitrogens with zero attached hydrogens (tertiary/aromatic N) is 1. The lowest BCUT2D eigenvalue weighted by Gasteiger charge is -2.34. The standard InChI is InChI=1S/C21H33NO2/c1-5-19(23)17-12-14-22(15-13-17)20(24)11-8-16-6-9-18(10-7-16)21(2,3)4/h6-7,9-10,17,19,23H,5,8,11-15H2,1-4H3. The molecule has 1 fully saturated rings. The second kappa shape index (κ2) is 8.15. The number of aryl methyl sites for hydroxylation is 1. The number of hydrogen-bond donors (Lipinski definition) is 1. The van der Waals surface area contributed by atoms with E-state index in [9.17, 15) is 9.90 Å². The van der Waals surface area contributed by atoms with Crippen molar-refractivity contribution in [1.29, 1.82) is 0 Å². The Morgan fingerprint density at radius 2 is 1.79 bits per heavy atom. The topological polar surface area (TPSA) is 40.5 Å². The molecule has 1 aromatic rings. The molecule has 0 radical (unpaired) electrons. The summed E-state index contributed by atoms with van der Waals surface area (Å²) in [5.74, 6) is 0.614. The first-order valence-corrected chi connectivity index (χ1v) is 9.36. The van der Waals surface area contributed by atoms with Gasteiger partial charge in [0.2, 0.25) is 5.91 Å². The Kier molecular flexibility index (Phi) is 6.45. The van der Waals surface area contributed by atoms with Crippen molar-refractivity contribution < 1.29 is 9.90 Å². The Labute approximate surface area is 147 Å². The fourth-order valence-electron chi connectivity index (χ4n) is 3.45. The highest BCUT2D eigenvalue weighted by Gasteiger charge is 2.26. The summed E-state index contributed by atoms with van der Waals surface area (Å²) in [6.45, 7) is 10.3. The van der Waals surface area contributed by atoms with Crippen molar-refractivity contribution in [2.24, 2.45) is 5.92 Å². The number of carbonyl (C=O) groups is 1. The predicted octanol–water partition coefficient (Wildman–Crippen LogP) is 3.93. The first kappa shape index (κ1) is 19.0. The molecule has 134 valence electrons. The van der Waals surface area contributed by atoms with E-state index in [1.165, 1.54) is 11.1 Å². The smallest absolute Gasteiger partial charge is 0.222 e. The van der Waals surface area contributed by atoms with E-state index in [4.69, 9.17) is 0 Å². The van der Waals surface area contributed by atoms with Crippen LogP contribution < -0.4 is 0 Å². The van der Waals surface area contributed by atoms with Gasteiger partial charge in [-0.15, -0.1) is 0 Å². The van der Waals surface area contributed by atoms with Crippen molar-refractivity contribution >= 4 is 5.91 Å². The Hall–Kier alpha value is -1.35. The average molecular weight is 332 g/mol. The van der Waals surface area contributed by atoms with Crippen LogP contribution in [-0.4, -0.2) is 35.1 Å². The van der Waals surface area contributed by atoms with Crippen LogP contribution in [0.4, 0.5) is 0 Å². The highest BCUT2D eigenvalue weighted by Crippen LogP contribution is 2.24. The lowest BCUT2D eigenvalue weighted by atomic mass is 9.86. The number of aliphatic hydroxyl groups excluding tert-OH is 1.